The summed E-state index contributed by atoms with van der Waals surface area (Å²) in [7, 11) is 0. The molecule has 0 spiro atoms. The topological polar surface area (TPSA) is 35.2 Å². The fourth-order valence-electron chi connectivity index (χ4n) is 2.90. The van der Waals surface area contributed by atoms with E-state index in [1.807, 2.05) is 18.2 Å². The Morgan fingerprint density at radius 3 is 1.92 bits per heavy atom. The van der Waals surface area contributed by atoms with Crippen molar-refractivity contribution in [3.63, 3.8) is 0 Å². The number of hydrogen-bond acceptors (Lipinski definition) is 2. The van der Waals surface area contributed by atoms with Crippen LogP contribution in [0.4, 0.5) is 0 Å². The molecule has 2 N–H and O–H groups in total. The van der Waals surface area contributed by atoms with Crippen molar-refractivity contribution in [2.75, 3.05) is 6.54 Å². The highest BCUT2D eigenvalue weighted by atomic mass is 16.5. The highest BCUT2D eigenvalue weighted by Crippen LogP contribution is 2.20. The Morgan fingerprint density at radius 2 is 1.20 bits per heavy atom. The molecule has 0 atom stereocenters. The maximum absolute atomic E-state index is 5.99. The maximum Gasteiger partial charge on any atom is 0.123 e. The molecular weight excluding hydrogens is 306 g/mol. The van der Waals surface area contributed by atoms with E-state index in [1.165, 1.54) is 22.3 Å². The van der Waals surface area contributed by atoms with E-state index in [2.05, 4.69) is 60.7 Å². The smallest absolute Gasteiger partial charge is 0.123 e. The van der Waals surface area contributed by atoms with Crippen molar-refractivity contribution in [3.8, 4) is 5.75 Å². The fourth-order valence-corrected chi connectivity index (χ4v) is 2.90. The van der Waals surface area contributed by atoms with Gasteiger partial charge in [-0.1, -0.05) is 72.8 Å². The number of benzene rings is 3. The largest absolute Gasteiger partial charge is 0.489 e. The first-order chi connectivity index (χ1) is 12.3. The van der Waals surface area contributed by atoms with Crippen LogP contribution in [0.25, 0.3) is 0 Å². The van der Waals surface area contributed by atoms with E-state index in [0.717, 1.165) is 25.0 Å². The molecule has 0 aliphatic rings. The minimum absolute atomic E-state index is 0.584. The molecule has 0 saturated carbocycles. The van der Waals surface area contributed by atoms with Crippen molar-refractivity contribution in [2.45, 2.75) is 25.9 Å². The molecule has 0 heterocycles. The van der Waals surface area contributed by atoms with Gasteiger partial charge in [0.1, 0.15) is 12.4 Å². The SMILES string of the molecule is NCCc1ccccc1OCc1ccc(CCc2ccccc2)cc1. The van der Waals surface area contributed by atoms with Gasteiger partial charge >= 0.3 is 0 Å². The van der Waals surface area contributed by atoms with Crippen molar-refractivity contribution in [2.24, 2.45) is 5.73 Å². The molecule has 25 heavy (non-hydrogen) atoms. The molecule has 0 unspecified atom stereocenters. The van der Waals surface area contributed by atoms with E-state index in [0.29, 0.717) is 13.2 Å². The lowest BCUT2D eigenvalue weighted by Crippen LogP contribution is -2.05. The van der Waals surface area contributed by atoms with Gasteiger partial charge in [0, 0.05) is 0 Å². The second-order valence-corrected chi connectivity index (χ2v) is 6.24. The number of hydrogen-bond donors (Lipinski definition) is 1. The molecule has 0 aliphatic heterocycles. The molecule has 0 aliphatic carbocycles. The van der Waals surface area contributed by atoms with Crippen molar-refractivity contribution in [1.82, 2.24) is 0 Å². The Hall–Kier alpha value is -2.58. The second kappa shape index (κ2) is 9.05. The summed E-state index contributed by atoms with van der Waals surface area (Å²) >= 11 is 0. The van der Waals surface area contributed by atoms with E-state index in [-0.39, 0.29) is 0 Å². The van der Waals surface area contributed by atoms with Gasteiger partial charge in [0.2, 0.25) is 0 Å². The molecule has 0 bridgehead atoms. The van der Waals surface area contributed by atoms with Gasteiger partial charge in [0.25, 0.3) is 0 Å². The normalized spacial score (nSPS) is 10.6. The summed E-state index contributed by atoms with van der Waals surface area (Å²) in [5, 5.41) is 0. The molecule has 0 radical (unpaired) electrons. The molecule has 2 heteroatoms. The van der Waals surface area contributed by atoms with E-state index in [1.54, 1.807) is 0 Å². The van der Waals surface area contributed by atoms with Gasteiger partial charge in [-0.2, -0.15) is 0 Å². The van der Waals surface area contributed by atoms with Crippen LogP contribution in [0, 0.1) is 0 Å². The number of rotatable bonds is 8. The number of para-hydroxylation sites is 1. The third-order valence-corrected chi connectivity index (χ3v) is 4.35. The Morgan fingerprint density at radius 1 is 0.600 bits per heavy atom. The van der Waals surface area contributed by atoms with E-state index < -0.39 is 0 Å². The fraction of sp³-hybridized carbons (Fsp3) is 0.217. The predicted molar refractivity (Wildman–Crippen MR) is 104 cm³/mol. The predicted octanol–water partition coefficient (Wildman–Crippen LogP) is 4.55. The highest BCUT2D eigenvalue weighted by Gasteiger charge is 2.03. The second-order valence-electron chi connectivity index (χ2n) is 6.24. The Bertz CT molecular complexity index is 766. The third-order valence-electron chi connectivity index (χ3n) is 4.35. The molecule has 3 aromatic carbocycles. The lowest BCUT2D eigenvalue weighted by molar-refractivity contribution is 0.303. The lowest BCUT2D eigenvalue weighted by Gasteiger charge is -2.11. The quantitative estimate of drug-likeness (QED) is 0.657. The molecule has 2 nitrogen and oxygen atoms in total. The van der Waals surface area contributed by atoms with E-state index >= 15 is 0 Å². The first kappa shape index (κ1) is 17.2. The van der Waals surface area contributed by atoms with Crippen LogP contribution in [0.5, 0.6) is 5.75 Å². The minimum Gasteiger partial charge on any atom is -0.489 e. The average Bonchev–Trinajstić information content (AvgIpc) is 2.68. The van der Waals surface area contributed by atoms with Crippen LogP contribution in [0.1, 0.15) is 22.3 Å². The molecule has 0 aromatic heterocycles. The summed E-state index contributed by atoms with van der Waals surface area (Å²) in [6.45, 7) is 1.22. The molecule has 3 aromatic rings. The van der Waals surface area contributed by atoms with Gasteiger partial charge in [-0.15, -0.1) is 0 Å². The van der Waals surface area contributed by atoms with Gasteiger partial charge in [-0.25, -0.2) is 0 Å². The van der Waals surface area contributed by atoms with Crippen molar-refractivity contribution < 1.29 is 4.74 Å². The zero-order valence-electron chi connectivity index (χ0n) is 14.5. The van der Waals surface area contributed by atoms with Crippen molar-refractivity contribution >= 4 is 0 Å². The van der Waals surface area contributed by atoms with Gasteiger partial charge in [0.05, 0.1) is 0 Å². The molecular formula is C23H25NO. The van der Waals surface area contributed by atoms with E-state index in [4.69, 9.17) is 10.5 Å². The number of ether oxygens (including phenoxy) is 1. The van der Waals surface area contributed by atoms with Crippen LogP contribution in [0.2, 0.25) is 0 Å². The third kappa shape index (κ3) is 5.20. The molecule has 0 saturated heterocycles. The van der Waals surface area contributed by atoms with Crippen LogP contribution in [0.15, 0.2) is 78.9 Å². The van der Waals surface area contributed by atoms with Crippen molar-refractivity contribution in [1.29, 1.82) is 0 Å². The van der Waals surface area contributed by atoms with E-state index in [9.17, 15) is 0 Å². The monoisotopic (exact) mass is 331 g/mol. The zero-order chi connectivity index (χ0) is 17.3. The van der Waals surface area contributed by atoms with Crippen LogP contribution < -0.4 is 10.5 Å². The molecule has 3 rings (SSSR count). The Labute approximate surface area is 150 Å². The van der Waals surface area contributed by atoms with Crippen LogP contribution in [0.3, 0.4) is 0 Å². The van der Waals surface area contributed by atoms with Gasteiger partial charge in [0.15, 0.2) is 0 Å². The number of aryl methyl sites for hydroxylation is 2. The summed E-state index contributed by atoms with van der Waals surface area (Å²) in [4.78, 5) is 0. The lowest BCUT2D eigenvalue weighted by atomic mass is 10.0. The average molecular weight is 331 g/mol. The first-order valence-corrected chi connectivity index (χ1v) is 8.87. The summed E-state index contributed by atoms with van der Waals surface area (Å²) in [6.07, 6.45) is 2.97. The maximum atomic E-state index is 5.99. The summed E-state index contributed by atoms with van der Waals surface area (Å²) < 4.78 is 5.99. The first-order valence-electron chi connectivity index (χ1n) is 8.87. The van der Waals surface area contributed by atoms with Gasteiger partial charge in [-0.3, -0.25) is 0 Å². The molecule has 128 valence electrons. The van der Waals surface area contributed by atoms with Gasteiger partial charge < -0.3 is 10.5 Å². The standard InChI is InChI=1S/C23H25NO/c24-17-16-22-8-4-5-9-23(22)25-18-21-14-12-20(13-15-21)11-10-19-6-2-1-3-7-19/h1-9,12-15H,10-11,16-18,24H2. The molecule has 0 fully saturated rings. The van der Waals surface area contributed by atoms with Crippen molar-refractivity contribution in [3.05, 3.63) is 101 Å². The summed E-state index contributed by atoms with van der Waals surface area (Å²) in [5.41, 5.74) is 10.8. The van der Waals surface area contributed by atoms with Crippen LogP contribution in [-0.4, -0.2) is 6.54 Å². The highest BCUT2D eigenvalue weighted by molar-refractivity contribution is 5.34. The van der Waals surface area contributed by atoms with Gasteiger partial charge in [-0.05, 0) is 54.1 Å². The summed E-state index contributed by atoms with van der Waals surface area (Å²) in [6, 6.07) is 27.5. The summed E-state index contributed by atoms with van der Waals surface area (Å²) in [5.74, 6) is 0.932. The Balaban J connectivity index is 1.54. The minimum atomic E-state index is 0.584. The van der Waals surface area contributed by atoms with Crippen LogP contribution in [-0.2, 0) is 25.9 Å². The van der Waals surface area contributed by atoms with Crippen LogP contribution >= 0.6 is 0 Å². The molecule has 0 amide bonds. The Kier molecular flexibility index (Phi) is 6.24. The zero-order valence-corrected chi connectivity index (χ0v) is 14.5. The number of nitrogens with two attached hydrogens (primary N) is 1.